The third-order valence-electron chi connectivity index (χ3n) is 5.06. The first kappa shape index (κ1) is 20.8. The highest BCUT2D eigenvalue weighted by molar-refractivity contribution is 5.66. The molecule has 2 aliphatic heterocycles. The lowest BCUT2D eigenvalue weighted by molar-refractivity contribution is -0.176. The molecule has 2 atom stereocenters. The topological polar surface area (TPSA) is 98.4 Å². The first-order chi connectivity index (χ1) is 14.4. The van der Waals surface area contributed by atoms with E-state index in [0.29, 0.717) is 25.6 Å². The van der Waals surface area contributed by atoms with E-state index in [1.165, 1.54) is 12.3 Å². The van der Waals surface area contributed by atoms with Gasteiger partial charge in [-0.3, -0.25) is 0 Å². The number of anilines is 2. The molecule has 0 aromatic carbocycles. The van der Waals surface area contributed by atoms with Gasteiger partial charge in [-0.15, -0.1) is 0 Å². The van der Waals surface area contributed by atoms with Crippen LogP contribution in [0.3, 0.4) is 0 Å². The third kappa shape index (κ3) is 4.79. The van der Waals surface area contributed by atoms with E-state index >= 15 is 0 Å². The van der Waals surface area contributed by atoms with Crippen LogP contribution < -0.4 is 16.0 Å². The van der Waals surface area contributed by atoms with Crippen LogP contribution in [0, 0.1) is 0 Å². The molecule has 4 heterocycles. The molecule has 11 heteroatoms. The lowest BCUT2D eigenvalue weighted by atomic mass is 10.1. The Labute approximate surface area is 171 Å². The average Bonchev–Trinajstić information content (AvgIpc) is 2.74. The summed E-state index contributed by atoms with van der Waals surface area (Å²) < 4.78 is 52.1. The van der Waals surface area contributed by atoms with Crippen molar-refractivity contribution in [3.05, 3.63) is 30.1 Å². The number of nitrogen functional groups attached to an aromatic ring is 1. The quantitative estimate of drug-likeness (QED) is 0.770. The van der Waals surface area contributed by atoms with Crippen molar-refractivity contribution in [2.45, 2.75) is 31.4 Å². The predicted molar refractivity (Wildman–Crippen MR) is 104 cm³/mol. The number of hydrogen-bond donors (Lipinski definition) is 2. The van der Waals surface area contributed by atoms with E-state index in [9.17, 15) is 13.2 Å². The summed E-state index contributed by atoms with van der Waals surface area (Å²) in [5, 5.41) is 3.29. The van der Waals surface area contributed by atoms with Gasteiger partial charge in [0.05, 0.1) is 30.5 Å². The maximum Gasteiger partial charge on any atom is 0.417 e. The molecule has 2 unspecified atom stereocenters. The average molecular weight is 424 g/mol. The molecule has 2 aromatic rings. The summed E-state index contributed by atoms with van der Waals surface area (Å²) >= 11 is 0. The molecule has 2 aromatic heterocycles. The fraction of sp³-hybridized carbons (Fsp3) is 0.526. The summed E-state index contributed by atoms with van der Waals surface area (Å²) in [6, 6.07) is 2.24. The lowest BCUT2D eigenvalue weighted by Gasteiger charge is -2.35. The highest BCUT2D eigenvalue weighted by Gasteiger charge is 2.35. The Balaban J connectivity index is 1.54. The van der Waals surface area contributed by atoms with Gasteiger partial charge in [0, 0.05) is 31.0 Å². The number of nitrogens with one attached hydrogen (secondary N) is 1. The SMILES string of the molecule is Nc1cc(C(F)(F)F)c(-c2ccnc(N3CCOC(OC4CCCNC4)C3)n2)cn1. The van der Waals surface area contributed by atoms with E-state index in [1.54, 1.807) is 0 Å². The highest BCUT2D eigenvalue weighted by atomic mass is 19.4. The maximum atomic E-state index is 13.5. The van der Waals surface area contributed by atoms with E-state index in [0.717, 1.165) is 38.2 Å². The van der Waals surface area contributed by atoms with Gasteiger partial charge in [-0.2, -0.15) is 13.2 Å². The number of halogens is 3. The van der Waals surface area contributed by atoms with Crippen molar-refractivity contribution < 1.29 is 22.6 Å². The second kappa shape index (κ2) is 8.70. The Kier molecular flexibility index (Phi) is 6.02. The van der Waals surface area contributed by atoms with Crippen LogP contribution in [0.4, 0.5) is 24.9 Å². The minimum absolute atomic E-state index is 0.0751. The third-order valence-corrected chi connectivity index (χ3v) is 5.06. The second-order valence-electron chi connectivity index (χ2n) is 7.25. The zero-order valence-electron chi connectivity index (χ0n) is 16.2. The number of rotatable bonds is 4. The van der Waals surface area contributed by atoms with Gasteiger partial charge >= 0.3 is 6.18 Å². The van der Waals surface area contributed by atoms with E-state index in [1.807, 2.05) is 4.90 Å². The number of nitrogens with two attached hydrogens (primary N) is 1. The summed E-state index contributed by atoms with van der Waals surface area (Å²) in [7, 11) is 0. The molecule has 0 amide bonds. The van der Waals surface area contributed by atoms with E-state index in [4.69, 9.17) is 15.2 Å². The van der Waals surface area contributed by atoms with Gasteiger partial charge in [0.15, 0.2) is 6.29 Å². The minimum atomic E-state index is -4.58. The zero-order chi connectivity index (χ0) is 21.1. The van der Waals surface area contributed by atoms with Crippen LogP contribution in [-0.2, 0) is 15.7 Å². The van der Waals surface area contributed by atoms with Gasteiger partial charge in [-0.25, -0.2) is 15.0 Å². The van der Waals surface area contributed by atoms with Gasteiger partial charge < -0.3 is 25.4 Å². The molecule has 0 radical (unpaired) electrons. The zero-order valence-corrected chi connectivity index (χ0v) is 16.2. The van der Waals surface area contributed by atoms with Gasteiger partial charge in [-0.05, 0) is 31.5 Å². The molecule has 0 aliphatic carbocycles. The standard InChI is InChI=1S/C19H23F3N6O2/c20-19(21,22)14-8-16(23)26-10-13(14)15-3-5-25-18(27-15)28-6-7-29-17(11-28)30-12-2-1-4-24-9-12/h3,5,8,10,12,17,24H,1-2,4,6-7,9,11H2,(H2,23,26). The van der Waals surface area contributed by atoms with E-state index in [-0.39, 0.29) is 23.2 Å². The van der Waals surface area contributed by atoms with Gasteiger partial charge in [-0.1, -0.05) is 0 Å². The molecule has 2 saturated heterocycles. The van der Waals surface area contributed by atoms with Crippen LogP contribution in [0.1, 0.15) is 18.4 Å². The van der Waals surface area contributed by atoms with Gasteiger partial charge in [0.25, 0.3) is 0 Å². The fourth-order valence-corrected chi connectivity index (χ4v) is 3.59. The van der Waals surface area contributed by atoms with Crippen molar-refractivity contribution in [2.75, 3.05) is 43.4 Å². The largest absolute Gasteiger partial charge is 0.417 e. The number of alkyl halides is 3. The summed E-state index contributed by atoms with van der Waals surface area (Å²) in [6.07, 6.45) is -0.419. The van der Waals surface area contributed by atoms with Crippen LogP contribution in [0.25, 0.3) is 11.3 Å². The van der Waals surface area contributed by atoms with Crippen LogP contribution in [0.5, 0.6) is 0 Å². The van der Waals surface area contributed by atoms with Crippen molar-refractivity contribution in [1.82, 2.24) is 20.3 Å². The monoisotopic (exact) mass is 424 g/mol. The number of pyridine rings is 1. The minimum Gasteiger partial charge on any atom is -0.384 e. The Morgan fingerprint density at radius 3 is 2.93 bits per heavy atom. The first-order valence-electron chi connectivity index (χ1n) is 9.79. The predicted octanol–water partition coefficient (Wildman–Crippen LogP) is 2.07. The van der Waals surface area contributed by atoms with Gasteiger partial charge in [0.2, 0.25) is 5.95 Å². The van der Waals surface area contributed by atoms with Crippen LogP contribution >= 0.6 is 0 Å². The molecule has 2 fully saturated rings. The molecule has 3 N–H and O–H groups in total. The van der Waals surface area contributed by atoms with Crippen LogP contribution in [-0.4, -0.2) is 60.1 Å². The normalized spacial score (nSPS) is 22.8. The molecule has 30 heavy (non-hydrogen) atoms. The van der Waals surface area contributed by atoms with Crippen molar-refractivity contribution in [3.63, 3.8) is 0 Å². The molecule has 0 saturated carbocycles. The Hall–Kier alpha value is -2.50. The van der Waals surface area contributed by atoms with Crippen LogP contribution in [0.15, 0.2) is 24.5 Å². The van der Waals surface area contributed by atoms with Crippen molar-refractivity contribution in [2.24, 2.45) is 0 Å². The number of aromatic nitrogens is 3. The molecule has 4 rings (SSSR count). The highest BCUT2D eigenvalue weighted by Crippen LogP contribution is 2.37. The lowest BCUT2D eigenvalue weighted by Crippen LogP contribution is -2.47. The number of hydrogen-bond acceptors (Lipinski definition) is 8. The summed E-state index contributed by atoms with van der Waals surface area (Å²) in [6.45, 7) is 3.08. The molecule has 2 aliphatic rings. The number of nitrogens with zero attached hydrogens (tertiary/aromatic N) is 4. The smallest absolute Gasteiger partial charge is 0.384 e. The Morgan fingerprint density at radius 1 is 1.30 bits per heavy atom. The van der Waals surface area contributed by atoms with Crippen LogP contribution in [0.2, 0.25) is 0 Å². The Morgan fingerprint density at radius 2 is 2.17 bits per heavy atom. The fourth-order valence-electron chi connectivity index (χ4n) is 3.59. The summed E-state index contributed by atoms with van der Waals surface area (Å²) in [5.74, 6) is 0.113. The molecular formula is C19H23F3N6O2. The number of piperidine rings is 1. The molecule has 8 nitrogen and oxygen atoms in total. The maximum absolute atomic E-state index is 13.5. The number of ether oxygens (including phenoxy) is 2. The molecular weight excluding hydrogens is 401 g/mol. The molecule has 0 spiro atoms. The molecule has 0 bridgehead atoms. The van der Waals surface area contributed by atoms with E-state index < -0.39 is 18.0 Å². The summed E-state index contributed by atoms with van der Waals surface area (Å²) in [4.78, 5) is 14.3. The van der Waals surface area contributed by atoms with Crippen molar-refractivity contribution in [3.8, 4) is 11.3 Å². The van der Waals surface area contributed by atoms with E-state index in [2.05, 4.69) is 20.3 Å². The van der Waals surface area contributed by atoms with Crippen molar-refractivity contribution in [1.29, 1.82) is 0 Å². The van der Waals surface area contributed by atoms with Crippen molar-refractivity contribution >= 4 is 11.8 Å². The van der Waals surface area contributed by atoms with Gasteiger partial charge in [0.1, 0.15) is 5.82 Å². The Bertz CT molecular complexity index is 876. The first-order valence-corrected chi connectivity index (χ1v) is 9.79. The molecule has 162 valence electrons. The summed E-state index contributed by atoms with van der Waals surface area (Å²) in [5.41, 5.74) is 4.56. The number of morpholine rings is 1. The second-order valence-corrected chi connectivity index (χ2v) is 7.25.